The van der Waals surface area contributed by atoms with Crippen LogP contribution in [-0.2, 0) is 20.0 Å². The summed E-state index contributed by atoms with van der Waals surface area (Å²) in [5.41, 5.74) is 0.786. The van der Waals surface area contributed by atoms with Gasteiger partial charge in [-0.05, 0) is 20.9 Å². The van der Waals surface area contributed by atoms with Crippen LogP contribution in [0.5, 0.6) is 0 Å². The van der Waals surface area contributed by atoms with E-state index in [0.717, 1.165) is 0 Å². The monoisotopic (exact) mass is 365 g/mol. The van der Waals surface area contributed by atoms with E-state index in [9.17, 15) is 16.8 Å². The number of nitrogens with zero attached hydrogens (tertiary/aromatic N) is 3. The fourth-order valence-corrected chi connectivity index (χ4v) is 5.37. The molecule has 0 spiro atoms. The quantitative estimate of drug-likeness (QED) is 0.660. The van der Waals surface area contributed by atoms with Gasteiger partial charge in [-0.1, -0.05) is 0 Å². The maximum Gasteiger partial charge on any atom is 0.244 e. The first-order valence-corrected chi connectivity index (χ1v) is 10.4. The van der Waals surface area contributed by atoms with E-state index >= 15 is 0 Å². The highest BCUT2D eigenvalue weighted by Crippen LogP contribution is 2.16. The van der Waals surface area contributed by atoms with E-state index < -0.39 is 20.0 Å². The Hall–Kier alpha value is -1.01. The van der Waals surface area contributed by atoms with Crippen LogP contribution in [0.15, 0.2) is 4.90 Å². The second-order valence-electron chi connectivity index (χ2n) is 5.68. The maximum atomic E-state index is 12.3. The van der Waals surface area contributed by atoms with Crippen molar-refractivity contribution in [1.29, 1.82) is 0 Å². The molecule has 1 saturated heterocycles. The van der Waals surface area contributed by atoms with Gasteiger partial charge in [-0.25, -0.2) is 21.6 Å². The van der Waals surface area contributed by atoms with Crippen molar-refractivity contribution in [1.82, 2.24) is 24.1 Å². The molecule has 0 atom stereocenters. The van der Waals surface area contributed by atoms with Gasteiger partial charge in [0.05, 0.1) is 17.1 Å². The Labute approximate surface area is 137 Å². The zero-order valence-corrected chi connectivity index (χ0v) is 15.2. The molecular weight excluding hydrogens is 342 g/mol. The summed E-state index contributed by atoms with van der Waals surface area (Å²) in [6.07, 6.45) is 0. The Balaban J connectivity index is 1.96. The van der Waals surface area contributed by atoms with Gasteiger partial charge in [0, 0.05) is 32.7 Å². The molecule has 0 saturated carbocycles. The number of aryl methyl sites for hydroxylation is 2. The molecule has 0 aliphatic carbocycles. The number of sulfonamides is 2. The number of nitrogens with one attached hydrogen (secondary N) is 2. The van der Waals surface area contributed by atoms with Crippen molar-refractivity contribution in [2.45, 2.75) is 18.7 Å². The molecule has 2 N–H and O–H groups in total. The van der Waals surface area contributed by atoms with E-state index in [2.05, 4.69) is 19.8 Å². The van der Waals surface area contributed by atoms with Crippen molar-refractivity contribution in [2.24, 2.45) is 0 Å². The molecule has 1 aromatic rings. The molecule has 1 aliphatic rings. The molecule has 11 heteroatoms. The lowest BCUT2D eigenvalue weighted by molar-refractivity contribution is 0.222. The molecule has 9 nitrogen and oxygen atoms in total. The van der Waals surface area contributed by atoms with Gasteiger partial charge >= 0.3 is 0 Å². The van der Waals surface area contributed by atoms with Crippen molar-refractivity contribution in [3.63, 3.8) is 0 Å². The summed E-state index contributed by atoms with van der Waals surface area (Å²) in [5.74, 6) is -0.258. The fourth-order valence-electron chi connectivity index (χ4n) is 2.51. The Morgan fingerprint density at radius 1 is 1.13 bits per heavy atom. The lowest BCUT2D eigenvalue weighted by atomic mass is 10.4. The average Bonchev–Trinajstić information content (AvgIpc) is 2.78. The molecule has 0 aromatic carbocycles. The number of aromatic nitrogens is 2. The van der Waals surface area contributed by atoms with E-state index in [0.29, 0.717) is 37.6 Å². The Morgan fingerprint density at radius 2 is 1.74 bits per heavy atom. The molecule has 0 radical (unpaired) electrons. The molecule has 2 heterocycles. The fraction of sp³-hybridized carbons (Fsp3) is 0.750. The molecule has 0 bridgehead atoms. The van der Waals surface area contributed by atoms with Gasteiger partial charge in [-0.2, -0.15) is 9.40 Å². The lowest BCUT2D eigenvalue weighted by Crippen LogP contribution is -2.48. The van der Waals surface area contributed by atoms with E-state index in [1.807, 2.05) is 7.05 Å². The minimum absolute atomic E-state index is 0.0782. The van der Waals surface area contributed by atoms with Crippen LogP contribution in [0, 0.1) is 13.8 Å². The van der Waals surface area contributed by atoms with Gasteiger partial charge in [-0.3, -0.25) is 5.10 Å². The first-order valence-electron chi connectivity index (χ1n) is 7.31. The van der Waals surface area contributed by atoms with Crippen LogP contribution in [0.25, 0.3) is 0 Å². The summed E-state index contributed by atoms with van der Waals surface area (Å²) in [5, 5.41) is 6.45. The third-order valence-corrected chi connectivity index (χ3v) is 7.43. The van der Waals surface area contributed by atoms with Crippen LogP contribution < -0.4 is 4.72 Å². The van der Waals surface area contributed by atoms with Crippen molar-refractivity contribution in [3.8, 4) is 0 Å². The highest BCUT2D eigenvalue weighted by atomic mass is 32.2. The molecular formula is C12H23N5O4S2. The van der Waals surface area contributed by atoms with Gasteiger partial charge in [0.15, 0.2) is 0 Å². The zero-order valence-electron chi connectivity index (χ0n) is 13.5. The van der Waals surface area contributed by atoms with Crippen LogP contribution >= 0.6 is 0 Å². The van der Waals surface area contributed by atoms with Crippen molar-refractivity contribution < 1.29 is 16.8 Å². The number of aromatic amines is 1. The summed E-state index contributed by atoms with van der Waals surface area (Å²) < 4.78 is 52.8. The summed E-state index contributed by atoms with van der Waals surface area (Å²) >= 11 is 0. The van der Waals surface area contributed by atoms with Gasteiger partial charge in [0.25, 0.3) is 0 Å². The largest absolute Gasteiger partial charge is 0.304 e. The molecule has 23 heavy (non-hydrogen) atoms. The topological polar surface area (TPSA) is 115 Å². The first kappa shape index (κ1) is 18.3. The molecule has 0 unspecified atom stereocenters. The van der Waals surface area contributed by atoms with Crippen molar-refractivity contribution >= 4 is 20.0 Å². The Morgan fingerprint density at radius 3 is 2.26 bits per heavy atom. The van der Waals surface area contributed by atoms with Gasteiger partial charge in [0.2, 0.25) is 20.0 Å². The van der Waals surface area contributed by atoms with Crippen molar-refractivity contribution in [2.75, 3.05) is 45.5 Å². The third-order valence-electron chi connectivity index (χ3n) is 3.84. The van der Waals surface area contributed by atoms with E-state index in [-0.39, 0.29) is 17.2 Å². The van der Waals surface area contributed by atoms with Crippen LogP contribution in [0.3, 0.4) is 0 Å². The summed E-state index contributed by atoms with van der Waals surface area (Å²) in [7, 11) is -5.30. The van der Waals surface area contributed by atoms with Gasteiger partial charge in [-0.15, -0.1) is 0 Å². The van der Waals surface area contributed by atoms with Crippen LogP contribution in [0.1, 0.15) is 11.4 Å². The summed E-state index contributed by atoms with van der Waals surface area (Å²) in [6, 6.07) is 0. The predicted molar refractivity (Wildman–Crippen MR) is 86.1 cm³/mol. The highest BCUT2D eigenvalue weighted by molar-refractivity contribution is 7.90. The lowest BCUT2D eigenvalue weighted by Gasteiger charge is -2.31. The number of likely N-dealkylation sites (N-methyl/N-ethyl adjacent to an activating group) is 1. The van der Waals surface area contributed by atoms with Crippen LogP contribution in [0.2, 0.25) is 0 Å². The molecule has 1 fully saturated rings. The molecule has 0 amide bonds. The minimum Gasteiger partial charge on any atom is -0.304 e. The standard InChI is InChI=1S/C12H23N5O4S2/c1-10-12(11(2)15-14-10)23(20,21)13-4-9-22(18,19)17-7-5-16(3)6-8-17/h13H,4-9H2,1-3H3,(H,14,15). The van der Waals surface area contributed by atoms with Gasteiger partial charge < -0.3 is 4.90 Å². The maximum absolute atomic E-state index is 12.3. The molecule has 132 valence electrons. The number of H-pyrrole nitrogens is 1. The third kappa shape index (κ3) is 4.29. The van der Waals surface area contributed by atoms with Crippen molar-refractivity contribution in [3.05, 3.63) is 11.4 Å². The highest BCUT2D eigenvalue weighted by Gasteiger charge is 2.27. The second kappa shape index (κ2) is 6.85. The number of rotatable bonds is 6. The predicted octanol–water partition coefficient (Wildman–Crippen LogP) is -1.12. The van der Waals surface area contributed by atoms with Crippen LogP contribution in [-0.4, -0.2) is 81.8 Å². The second-order valence-corrected chi connectivity index (χ2v) is 9.47. The van der Waals surface area contributed by atoms with E-state index in [1.165, 1.54) is 4.31 Å². The number of hydrogen-bond acceptors (Lipinski definition) is 6. The molecule has 1 aliphatic heterocycles. The number of piperazine rings is 1. The summed E-state index contributed by atoms with van der Waals surface area (Å²) in [4.78, 5) is 2.13. The smallest absolute Gasteiger partial charge is 0.244 e. The Bertz CT molecular complexity index is 729. The van der Waals surface area contributed by atoms with Crippen LogP contribution in [0.4, 0.5) is 0 Å². The van der Waals surface area contributed by atoms with E-state index in [4.69, 9.17) is 0 Å². The number of hydrogen-bond donors (Lipinski definition) is 2. The average molecular weight is 365 g/mol. The minimum atomic E-state index is -3.78. The van der Waals surface area contributed by atoms with Gasteiger partial charge in [0.1, 0.15) is 4.90 Å². The zero-order chi connectivity index (χ0) is 17.3. The normalized spacial score (nSPS) is 18.4. The first-order chi connectivity index (χ1) is 10.6. The Kier molecular flexibility index (Phi) is 5.46. The van der Waals surface area contributed by atoms with E-state index in [1.54, 1.807) is 13.8 Å². The molecule has 1 aromatic heterocycles. The molecule has 2 rings (SSSR count). The summed E-state index contributed by atoms with van der Waals surface area (Å²) in [6.45, 7) is 5.25. The SMILES string of the molecule is Cc1n[nH]c(C)c1S(=O)(=O)NCCS(=O)(=O)N1CCN(C)CC1.